The molecular weight excluding hydrogens is 769 g/mol. The number of hydrogen-bond donors (Lipinski definition) is 2. The Labute approximate surface area is 294 Å². The Morgan fingerprint density at radius 2 is 0.720 bits per heavy atom. The van der Waals surface area contributed by atoms with E-state index >= 15 is 0 Å². The summed E-state index contributed by atoms with van der Waals surface area (Å²) in [6.07, 6.45) is 0.922. The average molecular weight is 821 g/mol. The van der Waals surface area contributed by atoms with Crippen LogP contribution in [0.2, 0.25) is 0 Å². The first kappa shape index (κ1) is 51.3. The monoisotopic (exact) mass is 820 g/mol. The molecule has 0 amide bonds. The van der Waals surface area contributed by atoms with Crippen LogP contribution >= 0.6 is 0 Å². The Balaban J connectivity index is 0. The van der Waals surface area contributed by atoms with E-state index in [-0.39, 0.29) is 65.4 Å². The molecule has 0 rings (SSSR count). The molecule has 22 nitrogen and oxygen atoms in total. The molecular formula is C24H52O22S4. The van der Waals surface area contributed by atoms with E-state index in [9.17, 15) is 33.7 Å². The molecule has 50 heavy (non-hydrogen) atoms. The van der Waals surface area contributed by atoms with Gasteiger partial charge in [-0.3, -0.25) is 0 Å². The molecule has 0 heterocycles. The molecule has 0 aliphatic rings. The number of hydrogen-bond acceptors (Lipinski definition) is 22. The molecule has 0 bridgehead atoms. The molecule has 304 valence electrons. The topological polar surface area (TPSA) is 288 Å². The maximum absolute atomic E-state index is 11.2. The van der Waals surface area contributed by atoms with Crippen molar-refractivity contribution in [2.45, 2.75) is 24.4 Å². The van der Waals surface area contributed by atoms with Crippen molar-refractivity contribution in [2.75, 3.05) is 131 Å². The third-order valence-corrected chi connectivity index (χ3v) is 7.11. The second-order valence-electron chi connectivity index (χ2n) is 10.1. The summed E-state index contributed by atoms with van der Waals surface area (Å²) in [4.78, 5) is 0. The molecule has 0 saturated carbocycles. The number of rotatable bonds is 32. The molecule has 4 atom stereocenters. The van der Waals surface area contributed by atoms with Crippen molar-refractivity contribution < 1.29 is 99.6 Å². The highest BCUT2D eigenvalue weighted by Crippen LogP contribution is 2.04. The minimum Gasteiger partial charge on any atom is -0.382 e. The predicted molar refractivity (Wildman–Crippen MR) is 172 cm³/mol. The van der Waals surface area contributed by atoms with Crippen LogP contribution in [-0.4, -0.2) is 199 Å². The number of methoxy groups -OCH3 is 2. The maximum atomic E-state index is 11.2. The fraction of sp³-hybridized carbons (Fsp3) is 1.00. The summed E-state index contributed by atoms with van der Waals surface area (Å²) in [6.45, 7) is -2.05. The Hall–Kier alpha value is -0.760. The number of aliphatic hydroxyl groups excluding tert-OH is 2. The zero-order valence-corrected chi connectivity index (χ0v) is 32.2. The van der Waals surface area contributed by atoms with Crippen LogP contribution in [0, 0.1) is 0 Å². The first-order valence-corrected chi connectivity index (χ1v) is 21.9. The normalized spacial score (nSPS) is 15.2. The lowest BCUT2D eigenvalue weighted by atomic mass is 10.4. The van der Waals surface area contributed by atoms with Gasteiger partial charge in [-0.25, -0.2) is 25.2 Å². The van der Waals surface area contributed by atoms with E-state index in [2.05, 4.69) is 8.37 Å². The zero-order valence-electron chi connectivity index (χ0n) is 28.9. The van der Waals surface area contributed by atoms with Crippen molar-refractivity contribution in [3.8, 4) is 0 Å². The third kappa shape index (κ3) is 38.5. The molecule has 0 fully saturated rings. The van der Waals surface area contributed by atoms with Crippen LogP contribution in [0.25, 0.3) is 0 Å². The van der Waals surface area contributed by atoms with Crippen LogP contribution in [0.1, 0.15) is 0 Å². The van der Waals surface area contributed by atoms with E-state index in [1.54, 1.807) is 0 Å². The first-order chi connectivity index (χ1) is 23.1. The SMILES string of the molecule is COCC(COCC(COC)OCO)OCO.CS(=O)(=O)COCC(COCC(COCS(C)(=O)=O)OCOS(C)(=O)=O)OCOS(C)(=O)=O. The molecule has 0 aromatic carbocycles. The molecule has 0 aliphatic heterocycles. The zero-order chi connectivity index (χ0) is 38.7. The lowest BCUT2D eigenvalue weighted by Gasteiger charge is -2.21. The summed E-state index contributed by atoms with van der Waals surface area (Å²) < 4.78 is 148. The summed E-state index contributed by atoms with van der Waals surface area (Å²) in [5.74, 6) is -1.23. The van der Waals surface area contributed by atoms with Crippen molar-refractivity contribution in [2.24, 2.45) is 0 Å². The standard InChI is InChI=1S/C14H30O15S4.C10H22O7/c1-30(15,16)11-24-7-13(26-9-28-32(3,19)20)5-23-6-14(8-25-12-31(2,17)18)27-10-29-33(4,21)22;1-13-3-9(16-7-11)5-15-6-10(4-14-2)17-8-12/h13-14H,5-12H2,1-4H3;9-12H,3-8H2,1-2H3. The van der Waals surface area contributed by atoms with E-state index in [1.807, 2.05) is 0 Å². The lowest BCUT2D eigenvalue weighted by molar-refractivity contribution is -0.132. The van der Waals surface area contributed by atoms with Gasteiger partial charge in [-0.15, -0.1) is 0 Å². The number of aliphatic hydroxyl groups is 2. The highest BCUT2D eigenvalue weighted by molar-refractivity contribution is 7.90. The second kappa shape index (κ2) is 28.7. The molecule has 2 N–H and O–H groups in total. The van der Waals surface area contributed by atoms with Gasteiger partial charge in [0.15, 0.2) is 33.3 Å². The molecule has 0 spiro atoms. The van der Waals surface area contributed by atoms with Gasteiger partial charge >= 0.3 is 0 Å². The largest absolute Gasteiger partial charge is 0.382 e. The van der Waals surface area contributed by atoms with Crippen molar-refractivity contribution >= 4 is 39.9 Å². The highest BCUT2D eigenvalue weighted by Gasteiger charge is 2.18. The molecule has 0 aromatic heterocycles. The average Bonchev–Trinajstić information content (AvgIpc) is 2.95. The van der Waals surface area contributed by atoms with Crippen molar-refractivity contribution in [1.29, 1.82) is 0 Å². The van der Waals surface area contributed by atoms with Gasteiger partial charge < -0.3 is 57.6 Å². The van der Waals surface area contributed by atoms with E-state index in [0.717, 1.165) is 25.0 Å². The van der Waals surface area contributed by atoms with Gasteiger partial charge in [-0.1, -0.05) is 0 Å². The van der Waals surface area contributed by atoms with Gasteiger partial charge in [0.25, 0.3) is 20.2 Å². The molecule has 0 aliphatic carbocycles. The number of sulfone groups is 2. The third-order valence-electron chi connectivity index (χ3n) is 4.87. The fourth-order valence-corrected chi connectivity index (χ4v) is 4.17. The minimum absolute atomic E-state index is 0.254. The summed E-state index contributed by atoms with van der Waals surface area (Å²) in [7, 11) is -11.4. The summed E-state index contributed by atoms with van der Waals surface area (Å²) in [6, 6.07) is 0. The molecule has 4 unspecified atom stereocenters. The van der Waals surface area contributed by atoms with Crippen molar-refractivity contribution in [3.63, 3.8) is 0 Å². The highest BCUT2D eigenvalue weighted by atomic mass is 32.2. The predicted octanol–water partition coefficient (Wildman–Crippen LogP) is -3.36. The van der Waals surface area contributed by atoms with Crippen LogP contribution < -0.4 is 0 Å². The molecule has 26 heteroatoms. The van der Waals surface area contributed by atoms with Crippen LogP contribution in [0.4, 0.5) is 0 Å². The Kier molecular flexibility index (Phi) is 29.5. The smallest absolute Gasteiger partial charge is 0.266 e. The van der Waals surface area contributed by atoms with Gasteiger partial charge in [-0.05, 0) is 0 Å². The quantitative estimate of drug-likeness (QED) is 0.0495. The second-order valence-corrected chi connectivity index (χ2v) is 17.6. The molecule has 0 aromatic rings. The lowest BCUT2D eigenvalue weighted by Crippen LogP contribution is -2.33. The summed E-state index contributed by atoms with van der Waals surface area (Å²) >= 11 is 0. The summed E-state index contributed by atoms with van der Waals surface area (Å²) in [5, 5.41) is 17.3. The molecule has 0 radical (unpaired) electrons. The van der Waals surface area contributed by atoms with Gasteiger partial charge in [0, 0.05) is 26.7 Å². The maximum Gasteiger partial charge on any atom is 0.266 e. The summed E-state index contributed by atoms with van der Waals surface area (Å²) in [5.41, 5.74) is 0. The van der Waals surface area contributed by atoms with Crippen molar-refractivity contribution in [1.82, 2.24) is 0 Å². The number of ether oxygens (including phenoxy) is 10. The molecule has 0 saturated heterocycles. The van der Waals surface area contributed by atoms with Gasteiger partial charge in [0.2, 0.25) is 0 Å². The van der Waals surface area contributed by atoms with Gasteiger partial charge in [0.1, 0.15) is 49.9 Å². The van der Waals surface area contributed by atoms with Crippen LogP contribution in [0.5, 0.6) is 0 Å². The van der Waals surface area contributed by atoms with Crippen LogP contribution in [0.3, 0.4) is 0 Å². The van der Waals surface area contributed by atoms with E-state index < -0.39 is 77.6 Å². The van der Waals surface area contributed by atoms with Gasteiger partial charge in [-0.2, -0.15) is 16.8 Å². The van der Waals surface area contributed by atoms with E-state index in [4.69, 9.17) is 57.6 Å². The fourth-order valence-electron chi connectivity index (χ4n) is 2.91. The van der Waals surface area contributed by atoms with Crippen LogP contribution in [-0.2, 0) is 95.6 Å². The first-order valence-electron chi connectivity index (χ1n) is 14.2. The van der Waals surface area contributed by atoms with Gasteiger partial charge in [0.05, 0.1) is 65.4 Å². The van der Waals surface area contributed by atoms with Crippen molar-refractivity contribution in [3.05, 3.63) is 0 Å². The Morgan fingerprint density at radius 1 is 0.440 bits per heavy atom. The Bertz CT molecular complexity index is 1070. The Morgan fingerprint density at radius 3 is 0.960 bits per heavy atom. The minimum atomic E-state index is -3.79. The van der Waals surface area contributed by atoms with E-state index in [0.29, 0.717) is 13.2 Å². The van der Waals surface area contributed by atoms with E-state index in [1.165, 1.54) is 14.2 Å². The van der Waals surface area contributed by atoms with Crippen LogP contribution in [0.15, 0.2) is 0 Å².